The molecular weight excluding hydrogens is 216 g/mol. The molecule has 0 amide bonds. The van der Waals surface area contributed by atoms with Gasteiger partial charge in [0.05, 0.1) is 5.69 Å². The maximum atomic E-state index is 8.66. The maximum Gasteiger partial charge on any atom is 0.0964 e. The summed E-state index contributed by atoms with van der Waals surface area (Å²) in [6.07, 6.45) is 6.23. The average Bonchev–Trinajstić information content (AvgIpc) is 2.74. The van der Waals surface area contributed by atoms with Crippen LogP contribution in [-0.4, -0.2) is 32.7 Å². The Labute approximate surface area is 103 Å². The molecular formula is C12H24N4O. The van der Waals surface area contributed by atoms with Crippen molar-refractivity contribution in [3.63, 3.8) is 0 Å². The third-order valence-electron chi connectivity index (χ3n) is 2.57. The first-order valence-corrected chi connectivity index (χ1v) is 6.45. The van der Waals surface area contributed by atoms with E-state index in [1.165, 1.54) is 0 Å². The topological polar surface area (TPSA) is 63.0 Å². The van der Waals surface area contributed by atoms with Crippen molar-refractivity contribution in [2.24, 2.45) is 0 Å². The minimum atomic E-state index is 0.300. The van der Waals surface area contributed by atoms with Crippen molar-refractivity contribution in [2.75, 3.05) is 6.61 Å². The Balaban J connectivity index is 2.17. The molecule has 0 aliphatic rings. The zero-order valence-electron chi connectivity index (χ0n) is 10.9. The zero-order valence-corrected chi connectivity index (χ0v) is 10.9. The van der Waals surface area contributed by atoms with E-state index in [-0.39, 0.29) is 0 Å². The fourth-order valence-electron chi connectivity index (χ4n) is 1.58. The first-order chi connectivity index (χ1) is 8.22. The Hall–Kier alpha value is -0.940. The molecule has 0 aromatic carbocycles. The molecule has 0 atom stereocenters. The molecule has 5 heteroatoms. The smallest absolute Gasteiger partial charge is 0.0964 e. The van der Waals surface area contributed by atoms with Crippen molar-refractivity contribution in [1.82, 2.24) is 20.3 Å². The Morgan fingerprint density at radius 3 is 2.76 bits per heavy atom. The molecule has 0 bridgehead atoms. The van der Waals surface area contributed by atoms with Gasteiger partial charge in [0, 0.05) is 31.9 Å². The van der Waals surface area contributed by atoms with Crippen LogP contribution in [0.15, 0.2) is 6.20 Å². The van der Waals surface area contributed by atoms with E-state index in [1.54, 1.807) is 0 Å². The Bertz CT molecular complexity index is 298. The summed E-state index contributed by atoms with van der Waals surface area (Å²) in [5, 5.41) is 20.2. The van der Waals surface area contributed by atoms with E-state index in [0.717, 1.165) is 44.5 Å². The fourth-order valence-corrected chi connectivity index (χ4v) is 1.58. The lowest BCUT2D eigenvalue weighted by Crippen LogP contribution is -2.21. The van der Waals surface area contributed by atoms with Crippen LogP contribution >= 0.6 is 0 Å². The van der Waals surface area contributed by atoms with Crippen molar-refractivity contribution in [3.8, 4) is 0 Å². The Morgan fingerprint density at radius 1 is 1.29 bits per heavy atom. The van der Waals surface area contributed by atoms with Crippen molar-refractivity contribution in [1.29, 1.82) is 0 Å². The van der Waals surface area contributed by atoms with Crippen LogP contribution in [0.1, 0.15) is 45.2 Å². The van der Waals surface area contributed by atoms with E-state index in [2.05, 4.69) is 29.5 Å². The third kappa shape index (κ3) is 6.38. The Kier molecular flexibility index (Phi) is 6.81. The third-order valence-corrected chi connectivity index (χ3v) is 2.57. The van der Waals surface area contributed by atoms with E-state index in [1.807, 2.05) is 10.9 Å². The van der Waals surface area contributed by atoms with Gasteiger partial charge in [-0.15, -0.1) is 5.10 Å². The number of aliphatic hydroxyl groups excluding tert-OH is 1. The van der Waals surface area contributed by atoms with Crippen LogP contribution in [-0.2, 0) is 13.1 Å². The Morgan fingerprint density at radius 2 is 2.06 bits per heavy atom. The fraction of sp³-hybridized carbons (Fsp3) is 0.833. The number of unbranched alkanes of at least 4 members (excludes halogenated alkanes) is 3. The highest BCUT2D eigenvalue weighted by molar-refractivity contribution is 4.91. The van der Waals surface area contributed by atoms with Gasteiger partial charge in [0.25, 0.3) is 0 Å². The van der Waals surface area contributed by atoms with Gasteiger partial charge in [-0.3, -0.25) is 4.68 Å². The van der Waals surface area contributed by atoms with Crippen LogP contribution in [0.2, 0.25) is 0 Å². The van der Waals surface area contributed by atoms with E-state index in [4.69, 9.17) is 5.11 Å². The highest BCUT2D eigenvalue weighted by atomic mass is 16.2. The molecule has 0 unspecified atom stereocenters. The molecule has 17 heavy (non-hydrogen) atoms. The highest BCUT2D eigenvalue weighted by Gasteiger charge is 2.01. The summed E-state index contributed by atoms with van der Waals surface area (Å²) in [5.41, 5.74) is 0.994. The summed E-state index contributed by atoms with van der Waals surface area (Å²) >= 11 is 0. The van der Waals surface area contributed by atoms with Crippen molar-refractivity contribution >= 4 is 0 Å². The lowest BCUT2D eigenvalue weighted by atomic mass is 10.2. The van der Waals surface area contributed by atoms with Gasteiger partial charge in [0.2, 0.25) is 0 Å². The minimum absolute atomic E-state index is 0.300. The molecule has 1 rings (SSSR count). The second-order valence-electron chi connectivity index (χ2n) is 4.65. The molecule has 2 N–H and O–H groups in total. The van der Waals surface area contributed by atoms with Crippen LogP contribution in [0.3, 0.4) is 0 Å². The van der Waals surface area contributed by atoms with Gasteiger partial charge in [-0.2, -0.15) is 0 Å². The van der Waals surface area contributed by atoms with Crippen LogP contribution in [0, 0.1) is 0 Å². The van der Waals surface area contributed by atoms with Crippen LogP contribution in [0.5, 0.6) is 0 Å². The number of nitrogens with one attached hydrogen (secondary N) is 1. The zero-order chi connectivity index (χ0) is 12.5. The molecule has 0 fully saturated rings. The SMILES string of the molecule is CC(C)NCc1cn(CCCCCCO)nn1. The molecule has 0 saturated carbocycles. The molecule has 98 valence electrons. The van der Waals surface area contributed by atoms with Gasteiger partial charge in [-0.05, 0) is 12.8 Å². The monoisotopic (exact) mass is 240 g/mol. The van der Waals surface area contributed by atoms with Gasteiger partial charge in [0.15, 0.2) is 0 Å². The van der Waals surface area contributed by atoms with Gasteiger partial charge >= 0.3 is 0 Å². The first-order valence-electron chi connectivity index (χ1n) is 6.45. The predicted octanol–water partition coefficient (Wildman–Crippen LogP) is 1.33. The largest absolute Gasteiger partial charge is 0.396 e. The molecule has 1 aromatic rings. The van der Waals surface area contributed by atoms with Crippen LogP contribution in [0.25, 0.3) is 0 Å². The lowest BCUT2D eigenvalue weighted by molar-refractivity contribution is 0.282. The summed E-state index contributed by atoms with van der Waals surface area (Å²) in [4.78, 5) is 0. The lowest BCUT2D eigenvalue weighted by Gasteiger charge is -2.04. The second-order valence-corrected chi connectivity index (χ2v) is 4.65. The molecule has 0 saturated heterocycles. The quantitative estimate of drug-likeness (QED) is 0.639. The standard InChI is InChI=1S/C12H24N4O/c1-11(2)13-9-12-10-16(15-14-12)7-5-3-4-6-8-17/h10-11,13,17H,3-9H2,1-2H3. The van der Waals surface area contributed by atoms with Crippen molar-refractivity contribution in [3.05, 3.63) is 11.9 Å². The summed E-state index contributed by atoms with van der Waals surface area (Å²) in [6.45, 7) is 6.23. The van der Waals surface area contributed by atoms with Gasteiger partial charge in [-0.1, -0.05) is 31.9 Å². The number of aryl methyl sites for hydroxylation is 1. The van der Waals surface area contributed by atoms with Crippen LogP contribution in [0.4, 0.5) is 0 Å². The number of aliphatic hydroxyl groups is 1. The molecule has 1 aromatic heterocycles. The van der Waals surface area contributed by atoms with Gasteiger partial charge < -0.3 is 10.4 Å². The molecule has 0 radical (unpaired) electrons. The summed E-state index contributed by atoms with van der Waals surface area (Å²) in [5.74, 6) is 0. The van der Waals surface area contributed by atoms with Gasteiger partial charge in [0.1, 0.15) is 0 Å². The molecule has 0 aliphatic carbocycles. The normalized spacial score (nSPS) is 11.3. The van der Waals surface area contributed by atoms with Crippen molar-refractivity contribution < 1.29 is 5.11 Å². The molecule has 0 aliphatic heterocycles. The average molecular weight is 240 g/mol. The summed E-state index contributed by atoms with van der Waals surface area (Å²) in [7, 11) is 0. The summed E-state index contributed by atoms with van der Waals surface area (Å²) < 4.78 is 1.90. The second kappa shape index (κ2) is 8.20. The number of nitrogens with zero attached hydrogens (tertiary/aromatic N) is 3. The number of hydrogen-bond acceptors (Lipinski definition) is 4. The van der Waals surface area contributed by atoms with Crippen LogP contribution < -0.4 is 5.32 Å². The first kappa shape index (κ1) is 14.1. The molecule has 5 nitrogen and oxygen atoms in total. The molecule has 0 spiro atoms. The predicted molar refractivity (Wildman–Crippen MR) is 67.6 cm³/mol. The minimum Gasteiger partial charge on any atom is -0.396 e. The van der Waals surface area contributed by atoms with E-state index >= 15 is 0 Å². The van der Waals surface area contributed by atoms with E-state index in [0.29, 0.717) is 12.6 Å². The van der Waals surface area contributed by atoms with Crippen molar-refractivity contribution in [2.45, 2.75) is 58.7 Å². The van der Waals surface area contributed by atoms with E-state index < -0.39 is 0 Å². The highest BCUT2D eigenvalue weighted by Crippen LogP contribution is 2.02. The number of hydrogen-bond donors (Lipinski definition) is 2. The number of aromatic nitrogens is 3. The van der Waals surface area contributed by atoms with Gasteiger partial charge in [-0.25, -0.2) is 0 Å². The maximum absolute atomic E-state index is 8.66. The summed E-state index contributed by atoms with van der Waals surface area (Å²) in [6, 6.07) is 0.471. The molecule has 1 heterocycles. The number of rotatable bonds is 9. The van der Waals surface area contributed by atoms with E-state index in [9.17, 15) is 0 Å².